The van der Waals surface area contributed by atoms with Crippen LogP contribution in [0.15, 0.2) is 54.6 Å². The fourth-order valence-electron chi connectivity index (χ4n) is 1.60. The molecule has 0 aliphatic rings. The van der Waals surface area contributed by atoms with E-state index in [-0.39, 0.29) is 12.4 Å². The van der Waals surface area contributed by atoms with Crippen LogP contribution in [0.3, 0.4) is 0 Å². The molecule has 94 valence electrons. The second-order valence-electron chi connectivity index (χ2n) is 3.49. The molecule has 0 aliphatic carbocycles. The van der Waals surface area contributed by atoms with E-state index in [2.05, 4.69) is 0 Å². The highest BCUT2D eigenvalue weighted by Gasteiger charge is 2.14. The normalized spacial score (nSPS) is 9.39. The van der Waals surface area contributed by atoms with Gasteiger partial charge in [0.1, 0.15) is 0 Å². The molecule has 2 aromatic carbocycles. The Morgan fingerprint density at radius 2 is 1.61 bits per heavy atom. The van der Waals surface area contributed by atoms with Crippen molar-refractivity contribution in [1.82, 2.24) is 0 Å². The van der Waals surface area contributed by atoms with Crippen LogP contribution >= 0.6 is 24.0 Å². The quantitative estimate of drug-likeness (QED) is 0.890. The third kappa shape index (κ3) is 3.15. The molecule has 2 rings (SSSR count). The van der Waals surface area contributed by atoms with Gasteiger partial charge in [-0.2, -0.15) is 0 Å². The van der Waals surface area contributed by atoms with Gasteiger partial charge < -0.3 is 5.73 Å². The number of hydrogen-bond donors (Lipinski definition) is 1. The first-order chi connectivity index (χ1) is 8.18. The van der Waals surface area contributed by atoms with Gasteiger partial charge in [0.15, 0.2) is 0 Å². The van der Waals surface area contributed by atoms with E-state index in [0.717, 1.165) is 0 Å². The lowest BCUT2D eigenvalue weighted by Gasteiger charge is -2.20. The number of carbonyl (C=O) groups is 1. The summed E-state index contributed by atoms with van der Waals surface area (Å²) < 4.78 is 0. The van der Waals surface area contributed by atoms with Crippen LogP contribution in [0.5, 0.6) is 0 Å². The highest BCUT2D eigenvalue weighted by Crippen LogP contribution is 2.26. The Hall–Kier alpha value is -1.71. The molecule has 0 fully saturated rings. The van der Waals surface area contributed by atoms with Gasteiger partial charge in [-0.05, 0) is 30.3 Å². The molecule has 0 spiro atoms. The average Bonchev–Trinajstić information content (AvgIpc) is 2.30. The molecule has 2 amide bonds. The molecule has 3 nitrogen and oxygen atoms in total. The zero-order valence-electron chi connectivity index (χ0n) is 9.42. The van der Waals surface area contributed by atoms with Crippen molar-refractivity contribution in [3.8, 4) is 0 Å². The van der Waals surface area contributed by atoms with E-state index in [1.165, 1.54) is 4.90 Å². The lowest BCUT2D eigenvalue weighted by atomic mass is 10.2. The lowest BCUT2D eigenvalue weighted by molar-refractivity contribution is 0.256. The second kappa shape index (κ2) is 6.28. The summed E-state index contributed by atoms with van der Waals surface area (Å²) >= 11 is 5.90. The molecule has 2 aromatic rings. The molecule has 2 N–H and O–H groups in total. The van der Waals surface area contributed by atoms with E-state index in [1.54, 1.807) is 24.3 Å². The molecule has 0 heterocycles. The Kier molecular flexibility index (Phi) is 5.01. The topological polar surface area (TPSA) is 46.3 Å². The van der Waals surface area contributed by atoms with Crippen molar-refractivity contribution >= 4 is 41.4 Å². The fourth-order valence-corrected chi connectivity index (χ4v) is 1.78. The Labute approximate surface area is 117 Å². The average molecular weight is 283 g/mol. The minimum absolute atomic E-state index is 0. The molecule has 5 heteroatoms. The Morgan fingerprint density at radius 1 is 1.00 bits per heavy atom. The standard InChI is InChI=1S/C13H11ClN2O.ClH/c14-10-5-4-8-12(9-10)16(13(15)17)11-6-2-1-3-7-11;/h1-9H,(H2,15,17);1H. The summed E-state index contributed by atoms with van der Waals surface area (Å²) in [6, 6.07) is 15.6. The van der Waals surface area contributed by atoms with Crippen LogP contribution in [-0.2, 0) is 0 Å². The number of rotatable bonds is 2. The van der Waals surface area contributed by atoms with E-state index < -0.39 is 6.03 Å². The molecule has 0 saturated heterocycles. The molecule has 0 aromatic heterocycles. The van der Waals surface area contributed by atoms with Gasteiger partial charge in [0.05, 0.1) is 11.4 Å². The molecule has 0 radical (unpaired) electrons. The number of hydrogen-bond acceptors (Lipinski definition) is 1. The number of carbonyl (C=O) groups excluding carboxylic acids is 1. The van der Waals surface area contributed by atoms with Crippen molar-refractivity contribution in [2.24, 2.45) is 5.73 Å². The monoisotopic (exact) mass is 282 g/mol. The number of amides is 2. The molecule has 0 unspecified atom stereocenters. The van der Waals surface area contributed by atoms with Crippen LogP contribution in [0.25, 0.3) is 0 Å². The zero-order valence-corrected chi connectivity index (χ0v) is 11.0. The van der Waals surface area contributed by atoms with Gasteiger partial charge in [0.2, 0.25) is 0 Å². The highest BCUT2D eigenvalue weighted by atomic mass is 35.5. The van der Waals surface area contributed by atoms with Crippen LogP contribution in [0.1, 0.15) is 0 Å². The smallest absolute Gasteiger partial charge is 0.323 e. The minimum atomic E-state index is -0.543. The first-order valence-electron chi connectivity index (χ1n) is 5.08. The van der Waals surface area contributed by atoms with Crippen molar-refractivity contribution in [2.75, 3.05) is 4.90 Å². The van der Waals surface area contributed by atoms with Gasteiger partial charge >= 0.3 is 6.03 Å². The molecular weight excluding hydrogens is 271 g/mol. The highest BCUT2D eigenvalue weighted by molar-refractivity contribution is 6.31. The number of urea groups is 1. The summed E-state index contributed by atoms with van der Waals surface area (Å²) in [5.74, 6) is 0. The van der Waals surface area contributed by atoms with Gasteiger partial charge in [-0.15, -0.1) is 12.4 Å². The number of nitrogens with two attached hydrogens (primary N) is 1. The van der Waals surface area contributed by atoms with Crippen LogP contribution in [0.4, 0.5) is 16.2 Å². The SMILES string of the molecule is Cl.NC(=O)N(c1ccccc1)c1cccc(Cl)c1. The summed E-state index contributed by atoms with van der Waals surface area (Å²) in [5.41, 5.74) is 6.75. The summed E-state index contributed by atoms with van der Waals surface area (Å²) in [6.45, 7) is 0. The van der Waals surface area contributed by atoms with Crippen LogP contribution in [0.2, 0.25) is 5.02 Å². The fraction of sp³-hybridized carbons (Fsp3) is 0. The number of anilines is 2. The van der Waals surface area contributed by atoms with Gasteiger partial charge in [-0.1, -0.05) is 35.9 Å². The number of para-hydroxylation sites is 1. The van der Waals surface area contributed by atoms with Crippen LogP contribution < -0.4 is 10.6 Å². The number of benzene rings is 2. The van der Waals surface area contributed by atoms with E-state index in [1.807, 2.05) is 30.3 Å². The molecule has 0 atom stereocenters. The first-order valence-corrected chi connectivity index (χ1v) is 5.46. The van der Waals surface area contributed by atoms with Crippen LogP contribution in [0, 0.1) is 0 Å². The van der Waals surface area contributed by atoms with Gasteiger partial charge in [0, 0.05) is 5.02 Å². The maximum Gasteiger partial charge on any atom is 0.323 e. The predicted molar refractivity (Wildman–Crippen MR) is 76.9 cm³/mol. The predicted octanol–water partition coefficient (Wildman–Crippen LogP) is 3.98. The summed E-state index contributed by atoms with van der Waals surface area (Å²) in [7, 11) is 0. The maximum atomic E-state index is 11.5. The van der Waals surface area contributed by atoms with Crippen molar-refractivity contribution < 1.29 is 4.79 Å². The molecule has 0 saturated carbocycles. The molecule has 0 bridgehead atoms. The molecular formula is C13H12Cl2N2O. The van der Waals surface area contributed by atoms with E-state index >= 15 is 0 Å². The van der Waals surface area contributed by atoms with Crippen molar-refractivity contribution in [3.05, 3.63) is 59.6 Å². The summed E-state index contributed by atoms with van der Waals surface area (Å²) in [5, 5.41) is 0.560. The first kappa shape index (κ1) is 14.4. The summed E-state index contributed by atoms with van der Waals surface area (Å²) in [6.07, 6.45) is 0. The second-order valence-corrected chi connectivity index (χ2v) is 3.93. The van der Waals surface area contributed by atoms with Crippen molar-refractivity contribution in [1.29, 1.82) is 0 Å². The maximum absolute atomic E-state index is 11.5. The zero-order chi connectivity index (χ0) is 12.3. The van der Waals surface area contributed by atoms with Gasteiger partial charge in [-0.25, -0.2) is 4.79 Å². The van der Waals surface area contributed by atoms with Crippen molar-refractivity contribution in [2.45, 2.75) is 0 Å². The molecule has 18 heavy (non-hydrogen) atoms. The Morgan fingerprint density at radius 3 is 2.17 bits per heavy atom. The number of primary amides is 1. The number of halogens is 2. The van der Waals surface area contributed by atoms with Crippen LogP contribution in [-0.4, -0.2) is 6.03 Å². The van der Waals surface area contributed by atoms with E-state index in [4.69, 9.17) is 17.3 Å². The third-order valence-electron chi connectivity index (χ3n) is 2.30. The molecule has 0 aliphatic heterocycles. The Balaban J connectivity index is 0.00000162. The van der Waals surface area contributed by atoms with E-state index in [9.17, 15) is 4.79 Å². The Bertz CT molecular complexity index is 532. The van der Waals surface area contributed by atoms with Gasteiger partial charge in [-0.3, -0.25) is 4.90 Å². The lowest BCUT2D eigenvalue weighted by Crippen LogP contribution is -2.31. The van der Waals surface area contributed by atoms with Crippen molar-refractivity contribution in [3.63, 3.8) is 0 Å². The largest absolute Gasteiger partial charge is 0.351 e. The number of nitrogens with zero attached hydrogens (tertiary/aromatic N) is 1. The third-order valence-corrected chi connectivity index (χ3v) is 2.54. The minimum Gasteiger partial charge on any atom is -0.351 e. The van der Waals surface area contributed by atoms with E-state index in [0.29, 0.717) is 16.4 Å². The van der Waals surface area contributed by atoms with Gasteiger partial charge in [0.25, 0.3) is 0 Å². The summed E-state index contributed by atoms with van der Waals surface area (Å²) in [4.78, 5) is 12.9.